The van der Waals surface area contributed by atoms with E-state index in [2.05, 4.69) is 17.9 Å². The first-order valence-corrected chi connectivity index (χ1v) is 7.77. The largest absolute Gasteiger partial charge is 0.396 e. The summed E-state index contributed by atoms with van der Waals surface area (Å²) >= 11 is 0. The van der Waals surface area contributed by atoms with Crippen LogP contribution in [-0.2, 0) is 0 Å². The second-order valence-electron chi connectivity index (χ2n) is 6.89. The molecule has 1 saturated carbocycles. The fraction of sp³-hybridized carbons (Fsp3) is 0.875. The molecule has 1 saturated heterocycles. The zero-order valence-electron chi connectivity index (χ0n) is 11.9. The number of likely N-dealkylation sites (tertiary alicyclic amines) is 1. The average molecular weight is 264 g/mol. The van der Waals surface area contributed by atoms with Crippen molar-refractivity contribution < 1.29 is 10.2 Å². The lowest BCUT2D eigenvalue weighted by atomic mass is 9.54. The molecule has 0 amide bonds. The molecule has 1 heterocycles. The molecule has 1 aliphatic heterocycles. The van der Waals surface area contributed by atoms with Crippen molar-refractivity contribution in [2.75, 3.05) is 19.7 Å². The van der Waals surface area contributed by atoms with Gasteiger partial charge in [0.2, 0.25) is 6.08 Å². The van der Waals surface area contributed by atoms with Gasteiger partial charge in [-0.15, -0.1) is 0 Å². The molecule has 0 aromatic heterocycles. The highest BCUT2D eigenvalue weighted by Gasteiger charge is 2.63. The lowest BCUT2D eigenvalue weighted by Gasteiger charge is -2.58. The van der Waals surface area contributed by atoms with Crippen molar-refractivity contribution in [1.82, 2.24) is 4.90 Å². The third-order valence-electron chi connectivity index (χ3n) is 5.53. The second kappa shape index (κ2) is 4.82. The highest BCUT2D eigenvalue weighted by atomic mass is 16.3. The van der Waals surface area contributed by atoms with E-state index in [0.29, 0.717) is 11.8 Å². The molecule has 0 spiro atoms. The van der Waals surface area contributed by atoms with Gasteiger partial charge in [-0.2, -0.15) is 0 Å². The van der Waals surface area contributed by atoms with Crippen LogP contribution in [0.15, 0.2) is 6.08 Å². The molecule has 3 rings (SSSR count). The smallest absolute Gasteiger partial charge is 0.223 e. The lowest BCUT2D eigenvalue weighted by Crippen LogP contribution is -2.68. The Balaban J connectivity index is 1.93. The molecular weight excluding hydrogens is 238 g/mol. The van der Waals surface area contributed by atoms with Gasteiger partial charge in [-0.3, -0.25) is 4.90 Å². The van der Waals surface area contributed by atoms with E-state index in [1.54, 1.807) is 0 Å². The van der Waals surface area contributed by atoms with Crippen LogP contribution in [0.1, 0.15) is 45.4 Å². The topological polar surface area (TPSA) is 43.7 Å². The number of rotatable bonds is 3. The first-order valence-electron chi connectivity index (χ1n) is 7.77. The molecule has 4 unspecified atom stereocenters. The fourth-order valence-electron chi connectivity index (χ4n) is 5.03. The zero-order chi connectivity index (χ0) is 13.5. The summed E-state index contributed by atoms with van der Waals surface area (Å²) in [4.78, 5) is 2.55. The van der Waals surface area contributed by atoms with Crippen molar-refractivity contribution in [2.45, 2.75) is 56.6 Å². The summed E-state index contributed by atoms with van der Waals surface area (Å²) in [5, 5.41) is 20.1. The minimum absolute atomic E-state index is 0.106. The van der Waals surface area contributed by atoms with Crippen molar-refractivity contribution in [3.8, 4) is 0 Å². The Hall–Kier alpha value is -0.470. The Bertz CT molecular complexity index is 370. The molecule has 2 fully saturated rings. The van der Waals surface area contributed by atoms with E-state index in [1.165, 1.54) is 12.8 Å². The third kappa shape index (κ3) is 2.04. The maximum atomic E-state index is 11.0. The van der Waals surface area contributed by atoms with Crippen LogP contribution in [0.4, 0.5) is 0 Å². The van der Waals surface area contributed by atoms with E-state index < -0.39 is 5.60 Å². The summed E-state index contributed by atoms with van der Waals surface area (Å²) in [6, 6.07) is 0. The van der Waals surface area contributed by atoms with Gasteiger partial charge in [0, 0.05) is 19.1 Å². The Morgan fingerprint density at radius 1 is 1.42 bits per heavy atom. The van der Waals surface area contributed by atoms with Crippen molar-refractivity contribution in [1.29, 1.82) is 0 Å². The molecule has 0 radical (unpaired) electrons. The number of aliphatic hydroxyl groups excluding tert-OH is 1. The predicted molar refractivity (Wildman–Crippen MR) is 74.5 cm³/mol. The van der Waals surface area contributed by atoms with Crippen LogP contribution in [0.2, 0.25) is 0 Å². The maximum absolute atomic E-state index is 11.0. The molecule has 3 nitrogen and oxygen atoms in total. The minimum Gasteiger partial charge on any atom is -0.396 e. The summed E-state index contributed by atoms with van der Waals surface area (Å²) in [6.07, 6.45) is 11.5. The van der Waals surface area contributed by atoms with Crippen LogP contribution >= 0.6 is 0 Å². The zero-order valence-corrected chi connectivity index (χ0v) is 11.9. The Labute approximate surface area is 116 Å². The standard InChI is InChI=1S/C16H26NO2/c1-13-11-15-6-3-7-16(19,12-13)14(15)5-2-8-17(15)9-4-10-18/h7,13-14,18-19H,2,4-6,8-12H2,1H3/q+1. The summed E-state index contributed by atoms with van der Waals surface area (Å²) in [6.45, 7) is 4.59. The van der Waals surface area contributed by atoms with Crippen molar-refractivity contribution in [3.05, 3.63) is 12.2 Å². The second-order valence-corrected chi connectivity index (χ2v) is 6.89. The van der Waals surface area contributed by atoms with Gasteiger partial charge < -0.3 is 10.2 Å². The van der Waals surface area contributed by atoms with Crippen molar-refractivity contribution in [3.63, 3.8) is 0 Å². The molecule has 0 aromatic rings. The average Bonchev–Trinajstić information content (AvgIpc) is 2.35. The molecule has 106 valence electrons. The van der Waals surface area contributed by atoms with Crippen LogP contribution in [0.5, 0.6) is 0 Å². The predicted octanol–water partition coefficient (Wildman–Crippen LogP) is 1.74. The molecule has 3 aliphatic rings. The quantitative estimate of drug-likeness (QED) is 0.763. The third-order valence-corrected chi connectivity index (χ3v) is 5.53. The molecule has 0 aromatic carbocycles. The Kier molecular flexibility index (Phi) is 3.43. The summed E-state index contributed by atoms with van der Waals surface area (Å²) < 4.78 is 0. The number of hydrogen-bond acceptors (Lipinski definition) is 3. The van der Waals surface area contributed by atoms with E-state index in [0.717, 1.165) is 38.8 Å². The number of hydrogen-bond donors (Lipinski definition) is 2. The highest BCUT2D eigenvalue weighted by molar-refractivity contribution is 5.21. The minimum atomic E-state index is -0.631. The van der Waals surface area contributed by atoms with Gasteiger partial charge in [0.25, 0.3) is 0 Å². The summed E-state index contributed by atoms with van der Waals surface area (Å²) in [5.41, 5.74) is -0.525. The van der Waals surface area contributed by atoms with Crippen LogP contribution in [-0.4, -0.2) is 45.9 Å². The molecule has 2 aliphatic carbocycles. The maximum Gasteiger partial charge on any atom is 0.223 e. The van der Waals surface area contributed by atoms with Crippen LogP contribution in [0.25, 0.3) is 0 Å². The van der Waals surface area contributed by atoms with Gasteiger partial charge in [-0.05, 0) is 44.6 Å². The fourth-order valence-corrected chi connectivity index (χ4v) is 5.03. The monoisotopic (exact) mass is 264 g/mol. The molecular formula is C16H26NO2+. The lowest BCUT2D eigenvalue weighted by molar-refractivity contribution is -0.150. The first kappa shape index (κ1) is 13.5. The van der Waals surface area contributed by atoms with Crippen molar-refractivity contribution in [2.24, 2.45) is 11.8 Å². The van der Waals surface area contributed by atoms with Gasteiger partial charge >= 0.3 is 0 Å². The van der Waals surface area contributed by atoms with Gasteiger partial charge in [0.1, 0.15) is 5.60 Å². The SMILES string of the molecule is CC1CC2(O)C=[C+]CC3(C1)C2CCCN3CCCO. The molecule has 2 bridgehead atoms. The normalized spacial score (nSPS) is 45.6. The van der Waals surface area contributed by atoms with Gasteiger partial charge in [-0.1, -0.05) is 6.92 Å². The Morgan fingerprint density at radius 3 is 3.05 bits per heavy atom. The highest BCUT2D eigenvalue weighted by Crippen LogP contribution is 2.55. The Morgan fingerprint density at radius 2 is 2.26 bits per heavy atom. The van der Waals surface area contributed by atoms with Crippen molar-refractivity contribution >= 4 is 0 Å². The van der Waals surface area contributed by atoms with Gasteiger partial charge in [-0.25, -0.2) is 0 Å². The van der Waals surface area contributed by atoms with Crippen LogP contribution < -0.4 is 0 Å². The summed E-state index contributed by atoms with van der Waals surface area (Å²) in [5.74, 6) is 0.930. The van der Waals surface area contributed by atoms with E-state index in [4.69, 9.17) is 5.11 Å². The van der Waals surface area contributed by atoms with Gasteiger partial charge in [0.15, 0.2) is 12.5 Å². The molecule has 19 heavy (non-hydrogen) atoms. The number of piperidine rings is 1. The number of nitrogens with zero attached hydrogens (tertiary/aromatic N) is 1. The van der Waals surface area contributed by atoms with Crippen LogP contribution in [0.3, 0.4) is 0 Å². The molecule has 2 N–H and O–H groups in total. The van der Waals surface area contributed by atoms with Crippen LogP contribution in [0, 0.1) is 17.9 Å². The first-order chi connectivity index (χ1) is 9.11. The van der Waals surface area contributed by atoms with E-state index >= 15 is 0 Å². The summed E-state index contributed by atoms with van der Waals surface area (Å²) in [7, 11) is 0. The van der Waals surface area contributed by atoms with Gasteiger partial charge in [0.05, 0.1) is 5.54 Å². The number of aliphatic hydroxyl groups is 2. The van der Waals surface area contributed by atoms with E-state index in [1.807, 2.05) is 6.08 Å². The molecule has 3 heteroatoms. The van der Waals surface area contributed by atoms with E-state index in [-0.39, 0.29) is 12.1 Å². The molecule has 4 atom stereocenters. The van der Waals surface area contributed by atoms with E-state index in [9.17, 15) is 5.11 Å².